The molecule has 278 valence electrons. The summed E-state index contributed by atoms with van der Waals surface area (Å²) in [6, 6.07) is 12.5. The Hall–Kier alpha value is -2.85. The Morgan fingerprint density at radius 1 is 1.08 bits per heavy atom. The summed E-state index contributed by atoms with van der Waals surface area (Å²) in [6.07, 6.45) is -0.0922. The fraction of sp³-hybridized carbons (Fsp3) is 0.360. The molecule has 1 saturated heterocycles. The topological polar surface area (TPSA) is 298 Å². The van der Waals surface area contributed by atoms with Crippen LogP contribution < -0.4 is 11.0 Å². The molecule has 1 aliphatic heterocycles. The molecule has 21 nitrogen and oxygen atoms in total. The van der Waals surface area contributed by atoms with Crippen molar-refractivity contribution in [3.05, 3.63) is 87.1 Å². The molecule has 51 heavy (non-hydrogen) atoms. The Morgan fingerprint density at radius 3 is 2.51 bits per heavy atom. The number of nitro benzene ring substituents is 1. The molecular formula is C25H30N5O16P3S2. The summed E-state index contributed by atoms with van der Waals surface area (Å²) in [5.74, 6) is 0.241. The van der Waals surface area contributed by atoms with E-state index in [1.807, 2.05) is 18.2 Å². The Morgan fingerprint density at radius 2 is 1.82 bits per heavy atom. The number of hydrogen-bond acceptors (Lipinski definition) is 16. The second-order valence-electron chi connectivity index (χ2n) is 10.2. The number of amides is 1. The molecule has 0 bridgehead atoms. The average Bonchev–Trinajstić information content (AvgIpc) is 3.44. The van der Waals surface area contributed by atoms with Crippen LogP contribution >= 0.6 is 45.1 Å². The number of hydrogen-bond donors (Lipinski definition) is 5. The minimum Gasteiger partial charge on any atom is -0.370 e. The van der Waals surface area contributed by atoms with Gasteiger partial charge in [0.15, 0.2) is 0 Å². The number of ether oxygens (including phenoxy) is 2. The second kappa shape index (κ2) is 18.3. The van der Waals surface area contributed by atoms with Crippen LogP contribution in [0.2, 0.25) is 0 Å². The van der Waals surface area contributed by atoms with E-state index in [1.165, 1.54) is 58.1 Å². The van der Waals surface area contributed by atoms with Crippen LogP contribution in [0.5, 0.6) is 0 Å². The van der Waals surface area contributed by atoms with E-state index in [2.05, 4.69) is 23.9 Å². The third-order valence-corrected chi connectivity index (χ3v) is 12.6. The van der Waals surface area contributed by atoms with Gasteiger partial charge in [0.05, 0.1) is 29.8 Å². The molecule has 4 rings (SSSR count). The number of carbonyl (C=O) groups excluding carboxylic acids is 1. The first-order valence-electron chi connectivity index (χ1n) is 14.4. The van der Waals surface area contributed by atoms with Crippen molar-refractivity contribution in [2.45, 2.75) is 49.3 Å². The number of nitrogens with one attached hydrogen (secondary N) is 1. The van der Waals surface area contributed by atoms with E-state index in [0.29, 0.717) is 12.2 Å². The van der Waals surface area contributed by atoms with Crippen molar-refractivity contribution in [1.29, 1.82) is 0 Å². The predicted molar refractivity (Wildman–Crippen MR) is 179 cm³/mol. The van der Waals surface area contributed by atoms with E-state index in [1.54, 1.807) is 6.20 Å². The van der Waals surface area contributed by atoms with Gasteiger partial charge in [0, 0.05) is 37.1 Å². The first kappa shape index (κ1) is 40.9. The van der Waals surface area contributed by atoms with Crippen LogP contribution in [-0.2, 0) is 47.7 Å². The van der Waals surface area contributed by atoms with Gasteiger partial charge in [-0.05, 0) is 41.5 Å². The maximum atomic E-state index is 13.0. The number of nitro groups is 1. The third-order valence-electron chi connectivity index (χ3n) is 6.46. The number of nitrogens with zero attached hydrogens (tertiary/aromatic N) is 4. The second-order valence-corrected chi connectivity index (χ2v) is 17.1. The molecule has 5 atom stereocenters. The van der Waals surface area contributed by atoms with Gasteiger partial charge in [-0.15, -0.1) is 0 Å². The average molecular weight is 814 g/mol. The summed E-state index contributed by atoms with van der Waals surface area (Å²) in [4.78, 5) is 81.1. The predicted octanol–water partition coefficient (Wildman–Crippen LogP) is 3.92. The van der Waals surface area contributed by atoms with Crippen LogP contribution in [0.3, 0.4) is 0 Å². The molecule has 1 aliphatic rings. The largest absolute Gasteiger partial charge is 0.490 e. The Bertz CT molecular complexity index is 1890. The monoisotopic (exact) mass is 813 g/mol. The Kier molecular flexibility index (Phi) is 14.7. The number of rotatable bonds is 19. The minimum atomic E-state index is -5.81. The number of carbonyl (C=O) groups is 1. The van der Waals surface area contributed by atoms with Crippen LogP contribution in [0.4, 0.5) is 11.5 Å². The molecule has 3 heterocycles. The van der Waals surface area contributed by atoms with Gasteiger partial charge in [-0.1, -0.05) is 29.0 Å². The smallest absolute Gasteiger partial charge is 0.370 e. The highest BCUT2D eigenvalue weighted by Crippen LogP contribution is 2.66. The van der Waals surface area contributed by atoms with E-state index in [4.69, 9.17) is 23.8 Å². The van der Waals surface area contributed by atoms with E-state index in [0.717, 1.165) is 9.59 Å². The fourth-order valence-corrected chi connectivity index (χ4v) is 9.37. The van der Waals surface area contributed by atoms with Crippen LogP contribution in [-0.4, -0.2) is 69.5 Å². The first-order valence-corrected chi connectivity index (χ1v) is 21.2. The zero-order chi connectivity index (χ0) is 37.2. The molecule has 0 saturated carbocycles. The normalized spacial score (nSPS) is 20.0. The van der Waals surface area contributed by atoms with Crippen molar-refractivity contribution in [3.8, 4) is 0 Å². The number of pyridine rings is 1. The van der Waals surface area contributed by atoms with Crippen molar-refractivity contribution >= 4 is 62.5 Å². The first-order chi connectivity index (χ1) is 24.0. The van der Waals surface area contributed by atoms with Gasteiger partial charge in [0.2, 0.25) is 5.91 Å². The number of benzene rings is 1. The summed E-state index contributed by atoms with van der Waals surface area (Å²) in [5.41, 5.74) is -0.980. The minimum absolute atomic E-state index is 0.0387. The van der Waals surface area contributed by atoms with Crippen molar-refractivity contribution in [2.75, 3.05) is 17.7 Å². The Balaban J connectivity index is 1.39. The summed E-state index contributed by atoms with van der Waals surface area (Å²) >= 11 is 0. The molecule has 1 amide bonds. The van der Waals surface area contributed by atoms with Gasteiger partial charge in [-0.25, -0.2) is 23.5 Å². The zero-order valence-electron chi connectivity index (χ0n) is 25.9. The molecule has 3 aromatic rings. The Labute approximate surface area is 296 Å². The van der Waals surface area contributed by atoms with Crippen molar-refractivity contribution in [1.82, 2.24) is 14.5 Å². The lowest BCUT2D eigenvalue weighted by Gasteiger charge is -2.21. The molecule has 0 aliphatic carbocycles. The van der Waals surface area contributed by atoms with Gasteiger partial charge in [0.25, 0.3) is 5.69 Å². The lowest BCUT2D eigenvalue weighted by molar-refractivity contribution is -0.386. The molecule has 0 radical (unpaired) electrons. The lowest BCUT2D eigenvalue weighted by atomic mass is 10.1. The molecule has 26 heteroatoms. The van der Waals surface area contributed by atoms with E-state index in [-0.39, 0.29) is 42.4 Å². The third kappa shape index (κ3) is 13.6. The van der Waals surface area contributed by atoms with E-state index in [9.17, 15) is 43.2 Å². The number of para-hydroxylation sites is 1. The number of anilines is 1. The standard InChI is InChI=1S/C25H30N5O16P3S2/c31-22(8-5-13-50-51-23-9-3-4-11-26-23)27-21-10-12-29(25(32)28-21)24-14-19(42-15-17-6-1-2-7-18(17)30(33)34)20(44-24)16-43-48(38,39)46-49(40,41)45-47(35,36)37/h1-4,6-7,9-12,19-20,24H,5,8,13-16H2,(H,38,39)(H,40,41)(H2,35,36,37)(H,27,28,31,32)/t19?,20?,24-/m1/s1. The van der Waals surface area contributed by atoms with Gasteiger partial charge < -0.3 is 34.4 Å². The van der Waals surface area contributed by atoms with Gasteiger partial charge in [-0.3, -0.25) is 24.0 Å². The molecule has 0 spiro atoms. The summed E-state index contributed by atoms with van der Waals surface area (Å²) in [6.45, 7) is -1.28. The fourth-order valence-electron chi connectivity index (χ4n) is 4.37. The highest BCUT2D eigenvalue weighted by atomic mass is 33.1. The zero-order valence-corrected chi connectivity index (χ0v) is 30.2. The van der Waals surface area contributed by atoms with Gasteiger partial charge in [0.1, 0.15) is 23.2 Å². The van der Waals surface area contributed by atoms with E-state index >= 15 is 0 Å². The molecule has 5 N–H and O–H groups in total. The maximum absolute atomic E-state index is 13.0. The molecule has 1 aromatic carbocycles. The van der Waals surface area contributed by atoms with Crippen LogP contribution in [0.15, 0.2) is 70.7 Å². The van der Waals surface area contributed by atoms with Crippen LogP contribution in [0.25, 0.3) is 0 Å². The van der Waals surface area contributed by atoms with Crippen molar-refractivity contribution < 1.29 is 65.6 Å². The number of phosphoric acid groups is 3. The maximum Gasteiger partial charge on any atom is 0.490 e. The quantitative estimate of drug-likeness (QED) is 0.0376. The van der Waals surface area contributed by atoms with Crippen LogP contribution in [0, 0.1) is 10.1 Å². The number of aromatic nitrogens is 3. The van der Waals surface area contributed by atoms with Gasteiger partial charge in [-0.2, -0.15) is 13.6 Å². The SMILES string of the molecule is O=C(CCCSSc1ccccn1)Nc1ccn([C@H]2CC(OCc3ccccc3[N+](=O)[O-])C(COP(=O)(O)OP(=O)(O)OP(=O)(O)O)O2)c(=O)n1. The molecule has 1 fully saturated rings. The summed E-state index contributed by atoms with van der Waals surface area (Å²) in [5, 5.41) is 14.8. The van der Waals surface area contributed by atoms with Crippen molar-refractivity contribution in [2.24, 2.45) is 0 Å². The molecule has 4 unspecified atom stereocenters. The molecule has 2 aromatic heterocycles. The summed E-state index contributed by atoms with van der Waals surface area (Å²) < 4.78 is 59.8. The highest BCUT2D eigenvalue weighted by molar-refractivity contribution is 8.76. The highest BCUT2D eigenvalue weighted by Gasteiger charge is 2.43. The summed E-state index contributed by atoms with van der Waals surface area (Å²) in [7, 11) is -14.0. The van der Waals surface area contributed by atoms with E-state index < -0.39 is 59.1 Å². The molecular weight excluding hydrogens is 783 g/mol. The van der Waals surface area contributed by atoms with Gasteiger partial charge >= 0.3 is 29.2 Å². The van der Waals surface area contributed by atoms with Crippen LogP contribution in [0.1, 0.15) is 31.1 Å². The number of phosphoric ester groups is 1. The van der Waals surface area contributed by atoms with Crippen molar-refractivity contribution in [3.63, 3.8) is 0 Å². The lowest BCUT2D eigenvalue weighted by Crippen LogP contribution is -2.29.